The van der Waals surface area contributed by atoms with Gasteiger partial charge < -0.3 is 20.3 Å². The molecule has 0 atom stereocenters. The third kappa shape index (κ3) is 7.77. The molecular weight excluding hydrogens is 394 g/mol. The molecular formula is C24H31N3O4. The highest BCUT2D eigenvalue weighted by atomic mass is 16.6. The Morgan fingerprint density at radius 3 is 2.26 bits per heavy atom. The predicted octanol–water partition coefficient (Wildman–Crippen LogP) is 3.98. The molecule has 31 heavy (non-hydrogen) atoms. The Morgan fingerprint density at radius 1 is 1.00 bits per heavy atom. The number of ether oxygens (including phenoxy) is 1. The lowest BCUT2D eigenvalue weighted by Crippen LogP contribution is -2.35. The Labute approximate surface area is 183 Å². The van der Waals surface area contributed by atoms with E-state index in [9.17, 15) is 14.4 Å². The minimum atomic E-state index is -0.560. The van der Waals surface area contributed by atoms with Crippen molar-refractivity contribution >= 4 is 23.6 Å². The lowest BCUT2D eigenvalue weighted by molar-refractivity contribution is -0.116. The van der Waals surface area contributed by atoms with Gasteiger partial charge >= 0.3 is 6.09 Å². The number of likely N-dealkylation sites (N-methyl/N-ethyl adjacent to an activating group) is 1. The first-order valence-corrected chi connectivity index (χ1v) is 10.3. The predicted molar refractivity (Wildman–Crippen MR) is 121 cm³/mol. The molecule has 0 spiro atoms. The highest BCUT2D eigenvalue weighted by Crippen LogP contribution is 2.15. The van der Waals surface area contributed by atoms with Gasteiger partial charge in [-0.15, -0.1) is 0 Å². The molecule has 0 heterocycles. The van der Waals surface area contributed by atoms with Crippen LogP contribution in [0.4, 0.5) is 10.5 Å². The van der Waals surface area contributed by atoms with Crippen molar-refractivity contribution in [3.05, 3.63) is 65.2 Å². The van der Waals surface area contributed by atoms with Crippen molar-refractivity contribution in [2.24, 2.45) is 0 Å². The lowest BCUT2D eigenvalue weighted by atomic mass is 10.1. The molecule has 0 unspecified atom stereocenters. The number of nitrogens with one attached hydrogen (secondary N) is 2. The minimum absolute atomic E-state index is 0.0567. The number of benzene rings is 2. The first-order valence-electron chi connectivity index (χ1n) is 10.3. The van der Waals surface area contributed by atoms with Crippen LogP contribution in [-0.4, -0.2) is 42.0 Å². The fourth-order valence-corrected chi connectivity index (χ4v) is 2.90. The Hall–Kier alpha value is -3.35. The van der Waals surface area contributed by atoms with E-state index in [2.05, 4.69) is 10.6 Å². The second-order valence-electron chi connectivity index (χ2n) is 8.27. The number of hydrogen-bond acceptors (Lipinski definition) is 4. The molecule has 0 aliphatic rings. The van der Waals surface area contributed by atoms with E-state index in [-0.39, 0.29) is 18.4 Å². The van der Waals surface area contributed by atoms with Crippen molar-refractivity contribution in [3.63, 3.8) is 0 Å². The van der Waals surface area contributed by atoms with Gasteiger partial charge in [0.2, 0.25) is 5.91 Å². The van der Waals surface area contributed by atoms with Crippen molar-refractivity contribution in [2.45, 2.75) is 46.3 Å². The molecule has 2 aromatic carbocycles. The standard InChI is InChI=1S/C24H31N3O4/c1-6-18-9-7-8-10-20(18)26-21(28)16-27(5)22(29)19-13-11-17(12-14-19)15-25-23(30)31-24(2,3)4/h7-14H,6,15-16H2,1-5H3,(H,25,30)(H,26,28). The summed E-state index contributed by atoms with van der Waals surface area (Å²) in [5.41, 5.74) is 2.54. The van der Waals surface area contributed by atoms with Crippen LogP contribution in [0.3, 0.4) is 0 Å². The van der Waals surface area contributed by atoms with Gasteiger partial charge in [-0.05, 0) is 56.5 Å². The molecule has 0 saturated carbocycles. The van der Waals surface area contributed by atoms with E-state index in [0.29, 0.717) is 12.1 Å². The number of carbonyl (C=O) groups excluding carboxylic acids is 3. The van der Waals surface area contributed by atoms with Gasteiger partial charge in [0.05, 0.1) is 6.54 Å². The van der Waals surface area contributed by atoms with Gasteiger partial charge in [-0.3, -0.25) is 9.59 Å². The summed E-state index contributed by atoms with van der Waals surface area (Å²) in [6.45, 7) is 7.65. The second-order valence-corrected chi connectivity index (χ2v) is 8.27. The number of nitrogens with zero attached hydrogens (tertiary/aromatic N) is 1. The zero-order valence-electron chi connectivity index (χ0n) is 18.8. The fraction of sp³-hybridized carbons (Fsp3) is 0.375. The molecule has 0 aliphatic carbocycles. The maximum atomic E-state index is 12.6. The molecule has 0 aliphatic heterocycles. The third-order valence-corrected chi connectivity index (χ3v) is 4.44. The number of anilines is 1. The van der Waals surface area contributed by atoms with Gasteiger partial charge in [-0.25, -0.2) is 4.79 Å². The molecule has 2 rings (SSSR count). The van der Waals surface area contributed by atoms with Crippen LogP contribution in [0.25, 0.3) is 0 Å². The average molecular weight is 426 g/mol. The Bertz CT molecular complexity index is 917. The summed E-state index contributed by atoms with van der Waals surface area (Å²) in [6, 6.07) is 14.5. The largest absolute Gasteiger partial charge is 0.444 e. The van der Waals surface area contributed by atoms with E-state index >= 15 is 0 Å². The fourth-order valence-electron chi connectivity index (χ4n) is 2.90. The number of aryl methyl sites for hydroxylation is 1. The van der Waals surface area contributed by atoms with Crippen molar-refractivity contribution in [2.75, 3.05) is 18.9 Å². The average Bonchev–Trinajstić information content (AvgIpc) is 2.71. The molecule has 3 amide bonds. The van der Waals surface area contributed by atoms with E-state index in [1.54, 1.807) is 52.1 Å². The van der Waals surface area contributed by atoms with Crippen molar-refractivity contribution < 1.29 is 19.1 Å². The molecule has 0 radical (unpaired) electrons. The zero-order chi connectivity index (χ0) is 23.0. The van der Waals surface area contributed by atoms with Crippen LogP contribution in [0.5, 0.6) is 0 Å². The number of rotatable bonds is 7. The quantitative estimate of drug-likeness (QED) is 0.702. The number of alkyl carbamates (subject to hydrolysis) is 1. The van der Waals surface area contributed by atoms with Gasteiger partial charge in [-0.2, -0.15) is 0 Å². The van der Waals surface area contributed by atoms with Crippen LogP contribution >= 0.6 is 0 Å². The minimum Gasteiger partial charge on any atom is -0.444 e. The van der Waals surface area contributed by atoms with Gasteiger partial charge in [0.1, 0.15) is 5.60 Å². The normalized spacial score (nSPS) is 10.9. The summed E-state index contributed by atoms with van der Waals surface area (Å²) < 4.78 is 5.20. The first-order chi connectivity index (χ1) is 14.6. The smallest absolute Gasteiger partial charge is 0.407 e. The van der Waals surface area contributed by atoms with Gasteiger partial charge in [0.25, 0.3) is 5.91 Å². The van der Waals surface area contributed by atoms with Crippen molar-refractivity contribution in [3.8, 4) is 0 Å². The summed E-state index contributed by atoms with van der Waals surface area (Å²) >= 11 is 0. The van der Waals surface area contributed by atoms with Crippen LogP contribution in [0.2, 0.25) is 0 Å². The molecule has 166 valence electrons. The zero-order valence-corrected chi connectivity index (χ0v) is 18.8. The van der Waals surface area contributed by atoms with E-state index in [1.165, 1.54) is 4.90 Å². The molecule has 2 aromatic rings. The van der Waals surface area contributed by atoms with Gasteiger partial charge in [-0.1, -0.05) is 37.3 Å². The summed E-state index contributed by atoms with van der Waals surface area (Å²) in [5.74, 6) is -0.513. The maximum Gasteiger partial charge on any atom is 0.407 e. The van der Waals surface area contributed by atoms with E-state index in [0.717, 1.165) is 23.2 Å². The Balaban J connectivity index is 1.89. The number of para-hydroxylation sites is 1. The van der Waals surface area contributed by atoms with Crippen molar-refractivity contribution in [1.29, 1.82) is 0 Å². The van der Waals surface area contributed by atoms with Gasteiger partial charge in [0.15, 0.2) is 0 Å². The van der Waals surface area contributed by atoms with E-state index in [4.69, 9.17) is 4.74 Å². The SMILES string of the molecule is CCc1ccccc1NC(=O)CN(C)C(=O)c1ccc(CNC(=O)OC(C)(C)C)cc1. The molecule has 0 aromatic heterocycles. The maximum absolute atomic E-state index is 12.6. The second kappa shape index (κ2) is 10.6. The van der Waals surface area contributed by atoms with Crippen LogP contribution < -0.4 is 10.6 Å². The molecule has 0 fully saturated rings. The monoisotopic (exact) mass is 425 g/mol. The summed E-state index contributed by atoms with van der Waals surface area (Å²) in [7, 11) is 1.59. The summed E-state index contributed by atoms with van der Waals surface area (Å²) in [6.07, 6.45) is 0.309. The lowest BCUT2D eigenvalue weighted by Gasteiger charge is -2.20. The van der Waals surface area contributed by atoms with E-state index in [1.807, 2.05) is 31.2 Å². The van der Waals surface area contributed by atoms with Crippen LogP contribution in [0.15, 0.2) is 48.5 Å². The highest BCUT2D eigenvalue weighted by Gasteiger charge is 2.17. The summed E-state index contributed by atoms with van der Waals surface area (Å²) in [5, 5.41) is 5.54. The Morgan fingerprint density at radius 2 is 1.65 bits per heavy atom. The molecule has 7 heteroatoms. The molecule has 0 bridgehead atoms. The summed E-state index contributed by atoms with van der Waals surface area (Å²) in [4.78, 5) is 38.1. The topological polar surface area (TPSA) is 87.7 Å². The molecule has 2 N–H and O–H groups in total. The van der Waals surface area contributed by atoms with Crippen LogP contribution in [-0.2, 0) is 22.5 Å². The highest BCUT2D eigenvalue weighted by molar-refractivity contribution is 5.99. The number of amides is 3. The molecule has 7 nitrogen and oxygen atoms in total. The van der Waals surface area contributed by atoms with E-state index < -0.39 is 11.7 Å². The van der Waals surface area contributed by atoms with Gasteiger partial charge in [0, 0.05) is 24.8 Å². The Kier molecular flexibility index (Phi) is 8.19. The van der Waals surface area contributed by atoms with Crippen LogP contribution in [0, 0.1) is 0 Å². The van der Waals surface area contributed by atoms with Crippen molar-refractivity contribution in [1.82, 2.24) is 10.2 Å². The molecule has 0 saturated heterocycles. The third-order valence-electron chi connectivity index (χ3n) is 4.44. The van der Waals surface area contributed by atoms with Crippen LogP contribution in [0.1, 0.15) is 49.2 Å². The number of hydrogen-bond donors (Lipinski definition) is 2. The number of carbonyl (C=O) groups is 3. The first kappa shape index (κ1) is 23.9.